The van der Waals surface area contributed by atoms with Gasteiger partial charge in [0, 0.05) is 68.3 Å². The summed E-state index contributed by atoms with van der Waals surface area (Å²) in [5, 5.41) is 7.84. The minimum atomic E-state index is -2.86. The standard InChI is InChI=1S/C44H32N2.3C9H7NO.Al.BHNP/c1-3-17-37(18-4-1)45(43-23-11-15-35-13-7-9-21-41(35)43)39-29-25-33(26-30-39)34-27-31-40(32-28-34)46(38-19-5-2-6-20-38)44-24-12-16-36-14-8-10-22-42(36)44;3*11-8-5-1-3-7-4-2-6-10-9(7)8;;1-2-3/h1-32H;3*1-6,11H;;3H/q;;;;+3;/p-3. The maximum atomic E-state index is 6.41. The molecular weight excluding hydrogens is 1050 g/mol. The van der Waals surface area contributed by atoms with Crippen LogP contribution in [0.25, 0.3) is 65.4 Å². The average Bonchev–Trinajstić information content (AvgIpc) is 3.70. The van der Waals surface area contributed by atoms with Gasteiger partial charge in [0.25, 0.3) is 7.98 Å². The minimum Gasteiger partial charge on any atom is -0.576 e. The summed E-state index contributed by atoms with van der Waals surface area (Å²) in [4.78, 5) is 18.2. The largest absolute Gasteiger partial charge is 1.20 e. The molecule has 0 bridgehead atoms. The smallest absolute Gasteiger partial charge is 0.576 e. The van der Waals surface area contributed by atoms with Crippen LogP contribution in [0.4, 0.5) is 34.1 Å². The zero-order valence-electron chi connectivity index (χ0n) is 44.9. The Bertz CT molecular complexity index is 4130. The fourth-order valence-electron chi connectivity index (χ4n) is 10.3. The molecule has 83 heavy (non-hydrogen) atoms. The zero-order chi connectivity index (χ0) is 56.2. The highest BCUT2D eigenvalue weighted by Gasteiger charge is 2.46. The highest BCUT2D eigenvalue weighted by molar-refractivity contribution is 7.05. The molecule has 0 aliphatic carbocycles. The van der Waals surface area contributed by atoms with E-state index in [4.69, 9.17) is 11.4 Å². The second kappa shape index (κ2) is 25.5. The van der Waals surface area contributed by atoms with Crippen LogP contribution in [0.5, 0.6) is 17.2 Å². The van der Waals surface area contributed by atoms with Gasteiger partial charge in [-0.1, -0.05) is 188 Å². The first-order valence-corrected chi connectivity index (χ1v) is 28.9. The second-order valence-electron chi connectivity index (χ2n) is 19.2. The first kappa shape index (κ1) is 53.5. The number of aromatic nitrogens is 3. The lowest BCUT2D eigenvalue weighted by Crippen LogP contribution is -2.37. The van der Waals surface area contributed by atoms with E-state index < -0.39 is 15.1 Å². The summed E-state index contributed by atoms with van der Waals surface area (Å²) in [6, 6.07) is 98.3. The molecule has 0 N–H and O–H groups in total. The molecule has 12 heteroatoms. The van der Waals surface area contributed by atoms with Gasteiger partial charge in [-0.2, -0.15) is 0 Å². The van der Waals surface area contributed by atoms with E-state index in [1.54, 1.807) is 18.6 Å². The van der Waals surface area contributed by atoms with Crippen molar-refractivity contribution in [2.24, 2.45) is 4.66 Å². The molecule has 3 heterocycles. The third-order valence-electron chi connectivity index (χ3n) is 14.1. The van der Waals surface area contributed by atoms with Crippen molar-refractivity contribution in [3.05, 3.63) is 304 Å². The Kier molecular flexibility index (Phi) is 16.5. The number of nitrogens with zero attached hydrogens (tertiary/aromatic N) is 6. The second-order valence-corrected chi connectivity index (χ2v) is 20.7. The van der Waals surface area contributed by atoms with Crippen molar-refractivity contribution in [2.45, 2.75) is 0 Å². The number of fused-ring (bicyclic) bond motifs is 5. The molecule has 2 radical (unpaired) electrons. The van der Waals surface area contributed by atoms with Gasteiger partial charge in [0.05, 0.1) is 11.4 Å². The number of para-hydroxylation sites is 5. The van der Waals surface area contributed by atoms with Crippen molar-refractivity contribution >= 4 is 121 Å². The van der Waals surface area contributed by atoms with Crippen LogP contribution in [0.3, 0.4) is 0 Å². The van der Waals surface area contributed by atoms with Crippen molar-refractivity contribution < 1.29 is 11.4 Å². The average molecular weight is 1100 g/mol. The van der Waals surface area contributed by atoms with E-state index in [0.29, 0.717) is 17.2 Å². The zero-order valence-corrected chi connectivity index (χ0v) is 47.1. The van der Waals surface area contributed by atoms with E-state index in [9.17, 15) is 0 Å². The lowest BCUT2D eigenvalue weighted by molar-refractivity contribution is 0.311. The number of anilines is 6. The Morgan fingerprint density at radius 1 is 0.313 bits per heavy atom. The molecule has 11 aromatic carbocycles. The fraction of sp³-hybridized carbons (Fsp3) is 0. The molecule has 9 nitrogen and oxygen atoms in total. The van der Waals surface area contributed by atoms with Gasteiger partial charge in [-0.3, -0.25) is 15.0 Å². The normalized spacial score (nSPS) is 10.7. The third-order valence-corrected chi connectivity index (χ3v) is 15.4. The van der Waals surface area contributed by atoms with Crippen LogP contribution in [-0.4, -0.2) is 38.1 Å². The summed E-state index contributed by atoms with van der Waals surface area (Å²) < 4.78 is 22.0. The molecular formula is C71H51AlBN6O3P. The van der Waals surface area contributed by atoms with Crippen molar-refractivity contribution in [1.29, 1.82) is 0 Å². The van der Waals surface area contributed by atoms with E-state index in [0.717, 1.165) is 66.8 Å². The van der Waals surface area contributed by atoms with E-state index >= 15 is 0 Å². The predicted molar refractivity (Wildman–Crippen MR) is 346 cm³/mol. The van der Waals surface area contributed by atoms with Crippen molar-refractivity contribution in [2.75, 3.05) is 9.80 Å². The van der Waals surface area contributed by atoms with E-state index in [-0.39, 0.29) is 0 Å². The predicted octanol–water partition coefficient (Wildman–Crippen LogP) is 18.8. The molecule has 0 aliphatic heterocycles. The van der Waals surface area contributed by atoms with Gasteiger partial charge in [0.1, 0.15) is 33.8 Å². The quantitative estimate of drug-likeness (QED) is 0.0834. The van der Waals surface area contributed by atoms with E-state index in [1.807, 2.05) is 91.0 Å². The Labute approximate surface area is 490 Å². The Balaban J connectivity index is 0.000000163. The van der Waals surface area contributed by atoms with Gasteiger partial charge in [0.2, 0.25) is 0 Å². The van der Waals surface area contributed by atoms with Crippen molar-refractivity contribution in [1.82, 2.24) is 15.0 Å². The molecule has 394 valence electrons. The van der Waals surface area contributed by atoms with Crippen LogP contribution in [0, 0.1) is 0 Å². The van der Waals surface area contributed by atoms with Gasteiger partial charge in [-0.25, -0.2) is 0 Å². The lowest BCUT2D eigenvalue weighted by atomic mass is 10.0. The number of hydrogen-bond acceptors (Lipinski definition) is 9. The van der Waals surface area contributed by atoms with Crippen LogP contribution >= 0.6 is 9.03 Å². The number of hydrogen-bond donors (Lipinski definition) is 0. The summed E-state index contributed by atoms with van der Waals surface area (Å²) in [7, 11) is 6.97. The topological polar surface area (TPSA) is 85.2 Å². The third kappa shape index (κ3) is 12.0. The number of benzene rings is 11. The Morgan fingerprint density at radius 3 is 0.976 bits per heavy atom. The van der Waals surface area contributed by atoms with Gasteiger partial charge in [-0.15, -0.1) is 0 Å². The number of rotatable bonds is 13. The SMILES string of the molecule is [B]N=P.c1ccc(N(c2ccc(-c3ccc(N(c4ccccc4)c4cccc5ccccc45)cc3)cc2)c2cccc3ccccc23)cc1.c1cnc2c([O][Al]([O]c3cccc4cccnc34)[O]c3cccc4cccnc34)cccc2c1. The number of pyridine rings is 3. The fourth-order valence-corrected chi connectivity index (χ4v) is 11.7. The monoisotopic (exact) mass is 1100 g/mol. The van der Waals surface area contributed by atoms with Gasteiger partial charge >= 0.3 is 15.1 Å². The maximum Gasteiger partial charge on any atom is 1.20 e. The highest BCUT2D eigenvalue weighted by atomic mass is 31.0. The summed E-state index contributed by atoms with van der Waals surface area (Å²) in [5.41, 5.74) is 11.4. The van der Waals surface area contributed by atoms with Crippen molar-refractivity contribution in [3.8, 4) is 28.4 Å². The molecule has 0 unspecified atom stereocenters. The molecule has 3 aromatic heterocycles. The summed E-state index contributed by atoms with van der Waals surface area (Å²) in [6.45, 7) is 0. The Hall–Kier alpha value is -10.1. The lowest BCUT2D eigenvalue weighted by Gasteiger charge is -2.27. The van der Waals surface area contributed by atoms with Crippen LogP contribution < -0.4 is 21.2 Å². The molecule has 14 rings (SSSR count). The molecule has 0 amide bonds. The van der Waals surface area contributed by atoms with E-state index in [2.05, 4.69) is 241 Å². The maximum absolute atomic E-state index is 6.41. The Morgan fingerprint density at radius 2 is 0.602 bits per heavy atom. The van der Waals surface area contributed by atoms with Gasteiger partial charge < -0.3 is 25.8 Å². The molecule has 0 aliphatic rings. The molecule has 14 aromatic rings. The molecule has 0 atom stereocenters. The summed E-state index contributed by atoms with van der Waals surface area (Å²) >= 11 is -2.86. The molecule has 0 spiro atoms. The minimum absolute atomic E-state index is 0.608. The molecule has 0 fully saturated rings. The highest BCUT2D eigenvalue weighted by Crippen LogP contribution is 2.42. The molecule has 0 saturated carbocycles. The van der Waals surface area contributed by atoms with Crippen LogP contribution in [0.1, 0.15) is 0 Å². The summed E-state index contributed by atoms with van der Waals surface area (Å²) in [6.07, 6.45) is 5.24. The van der Waals surface area contributed by atoms with Gasteiger partial charge in [0.15, 0.2) is 0 Å². The van der Waals surface area contributed by atoms with E-state index in [1.165, 1.54) is 32.7 Å². The first-order chi connectivity index (χ1) is 41.1. The molecule has 0 saturated heterocycles. The van der Waals surface area contributed by atoms with Gasteiger partial charge in [-0.05, 0) is 128 Å². The first-order valence-electron chi connectivity index (χ1n) is 27.0. The summed E-state index contributed by atoms with van der Waals surface area (Å²) in [5.74, 6) is 1.82. The van der Waals surface area contributed by atoms with Crippen LogP contribution in [-0.2, 0) is 0 Å². The van der Waals surface area contributed by atoms with Crippen LogP contribution in [0.15, 0.2) is 308 Å². The van der Waals surface area contributed by atoms with Crippen LogP contribution in [0.2, 0.25) is 0 Å². The van der Waals surface area contributed by atoms with Crippen molar-refractivity contribution in [3.63, 3.8) is 0 Å².